The molecule has 0 radical (unpaired) electrons. The zero-order valence-corrected chi connectivity index (χ0v) is 10.5. The van der Waals surface area contributed by atoms with Crippen molar-refractivity contribution >= 4 is 6.03 Å². The summed E-state index contributed by atoms with van der Waals surface area (Å²) in [5.74, 6) is 0. The van der Waals surface area contributed by atoms with Gasteiger partial charge in [0.1, 0.15) is 0 Å². The Hall–Kier alpha value is -0.730. The molecule has 1 fully saturated rings. The van der Waals surface area contributed by atoms with E-state index >= 15 is 0 Å². The number of urea groups is 1. The van der Waals surface area contributed by atoms with Crippen LogP contribution in [0.2, 0.25) is 0 Å². The molecule has 1 N–H and O–H groups in total. The fourth-order valence-corrected chi connectivity index (χ4v) is 1.56. The first-order valence-corrected chi connectivity index (χ1v) is 6.03. The maximum Gasteiger partial charge on any atom is 0.318 e. The maximum atomic E-state index is 12.0. The van der Waals surface area contributed by atoms with E-state index < -0.39 is 0 Å². The summed E-state index contributed by atoms with van der Waals surface area (Å²) in [5, 5.41) is 3.04. The van der Waals surface area contributed by atoms with E-state index in [1.54, 1.807) is 0 Å². The highest BCUT2D eigenvalue weighted by Gasteiger charge is 2.33. The molecule has 0 spiro atoms. The summed E-state index contributed by atoms with van der Waals surface area (Å²) in [5.41, 5.74) is -0.129. The summed E-state index contributed by atoms with van der Waals surface area (Å²) in [6.07, 6.45) is 4.61. The van der Waals surface area contributed by atoms with Crippen LogP contribution in [0.25, 0.3) is 0 Å². The summed E-state index contributed by atoms with van der Waals surface area (Å²) in [7, 11) is 0. The molecule has 0 aromatic heterocycles. The molecule has 0 saturated heterocycles. The van der Waals surface area contributed by atoms with Gasteiger partial charge >= 0.3 is 6.03 Å². The SMILES string of the molecule is CCCCN(C(=O)NC(C)(C)C)C1CC1. The minimum absolute atomic E-state index is 0.110. The summed E-state index contributed by atoms with van der Waals surface area (Å²) < 4.78 is 0. The summed E-state index contributed by atoms with van der Waals surface area (Å²) >= 11 is 0. The normalized spacial score (nSPS) is 16.3. The molecule has 88 valence electrons. The van der Waals surface area contributed by atoms with E-state index in [1.165, 1.54) is 12.8 Å². The highest BCUT2D eigenvalue weighted by Crippen LogP contribution is 2.27. The van der Waals surface area contributed by atoms with Crippen molar-refractivity contribution in [3.8, 4) is 0 Å². The second kappa shape index (κ2) is 4.86. The maximum absolute atomic E-state index is 12.0. The van der Waals surface area contributed by atoms with E-state index in [0.29, 0.717) is 6.04 Å². The van der Waals surface area contributed by atoms with Crippen LogP contribution in [-0.4, -0.2) is 29.1 Å². The van der Waals surface area contributed by atoms with Gasteiger partial charge in [0.2, 0.25) is 0 Å². The van der Waals surface area contributed by atoms with E-state index in [4.69, 9.17) is 0 Å². The van der Waals surface area contributed by atoms with E-state index in [-0.39, 0.29) is 11.6 Å². The predicted molar refractivity (Wildman–Crippen MR) is 62.9 cm³/mol. The molecular weight excluding hydrogens is 188 g/mol. The first-order valence-electron chi connectivity index (χ1n) is 6.03. The van der Waals surface area contributed by atoms with E-state index in [9.17, 15) is 4.79 Å². The Morgan fingerprint density at radius 2 is 2.00 bits per heavy atom. The zero-order chi connectivity index (χ0) is 11.5. The van der Waals surface area contributed by atoms with Gasteiger partial charge in [0, 0.05) is 18.1 Å². The minimum Gasteiger partial charge on any atom is -0.333 e. The van der Waals surface area contributed by atoms with E-state index in [1.807, 2.05) is 25.7 Å². The number of hydrogen-bond acceptors (Lipinski definition) is 1. The highest BCUT2D eigenvalue weighted by atomic mass is 16.2. The van der Waals surface area contributed by atoms with Gasteiger partial charge in [-0.3, -0.25) is 0 Å². The third-order valence-corrected chi connectivity index (χ3v) is 2.48. The fourth-order valence-electron chi connectivity index (χ4n) is 1.56. The van der Waals surface area contributed by atoms with Crippen molar-refractivity contribution in [2.24, 2.45) is 0 Å². The Bertz CT molecular complexity index is 216. The number of hydrogen-bond donors (Lipinski definition) is 1. The van der Waals surface area contributed by atoms with Gasteiger partial charge in [-0.2, -0.15) is 0 Å². The van der Waals surface area contributed by atoms with E-state index in [0.717, 1.165) is 19.4 Å². The van der Waals surface area contributed by atoms with Crippen molar-refractivity contribution in [1.82, 2.24) is 10.2 Å². The average molecular weight is 212 g/mol. The monoisotopic (exact) mass is 212 g/mol. The van der Waals surface area contributed by atoms with Gasteiger partial charge in [0.15, 0.2) is 0 Å². The lowest BCUT2D eigenvalue weighted by atomic mass is 10.1. The fraction of sp³-hybridized carbons (Fsp3) is 0.917. The molecule has 1 aliphatic rings. The number of nitrogens with zero attached hydrogens (tertiary/aromatic N) is 1. The topological polar surface area (TPSA) is 32.3 Å². The molecule has 0 bridgehead atoms. The van der Waals surface area contributed by atoms with Crippen molar-refractivity contribution in [3.05, 3.63) is 0 Å². The highest BCUT2D eigenvalue weighted by molar-refractivity contribution is 5.75. The van der Waals surface area contributed by atoms with Crippen molar-refractivity contribution in [3.63, 3.8) is 0 Å². The molecule has 0 unspecified atom stereocenters. The molecule has 0 atom stereocenters. The largest absolute Gasteiger partial charge is 0.333 e. The Balaban J connectivity index is 2.44. The van der Waals surface area contributed by atoms with Gasteiger partial charge in [-0.25, -0.2) is 4.79 Å². The van der Waals surface area contributed by atoms with Crippen molar-refractivity contribution in [1.29, 1.82) is 0 Å². The lowest BCUT2D eigenvalue weighted by Crippen LogP contribution is -2.49. The second-order valence-corrected chi connectivity index (χ2v) is 5.46. The van der Waals surface area contributed by atoms with Gasteiger partial charge in [0.05, 0.1) is 0 Å². The third-order valence-electron chi connectivity index (χ3n) is 2.48. The first kappa shape index (κ1) is 12.3. The quantitative estimate of drug-likeness (QED) is 0.763. The molecular formula is C12H24N2O. The number of unbranched alkanes of at least 4 members (excludes halogenated alkanes) is 1. The van der Waals surface area contributed by atoms with Crippen LogP contribution in [0.5, 0.6) is 0 Å². The summed E-state index contributed by atoms with van der Waals surface area (Å²) in [6, 6.07) is 0.623. The van der Waals surface area contributed by atoms with Crippen LogP contribution in [-0.2, 0) is 0 Å². The van der Waals surface area contributed by atoms with Gasteiger partial charge in [-0.1, -0.05) is 13.3 Å². The Morgan fingerprint density at radius 3 is 2.40 bits per heavy atom. The number of amides is 2. The van der Waals surface area contributed by atoms with Crippen LogP contribution in [0, 0.1) is 0 Å². The molecule has 3 heteroatoms. The third kappa shape index (κ3) is 4.54. The molecule has 15 heavy (non-hydrogen) atoms. The number of rotatable bonds is 4. The second-order valence-electron chi connectivity index (χ2n) is 5.46. The molecule has 2 amide bonds. The number of carbonyl (C=O) groups is 1. The van der Waals surface area contributed by atoms with Gasteiger partial charge in [0.25, 0.3) is 0 Å². The summed E-state index contributed by atoms with van der Waals surface area (Å²) in [4.78, 5) is 14.0. The van der Waals surface area contributed by atoms with Crippen LogP contribution in [0.1, 0.15) is 53.4 Å². The number of nitrogens with one attached hydrogen (secondary N) is 1. The van der Waals surface area contributed by atoms with Crippen LogP contribution in [0.4, 0.5) is 4.79 Å². The molecule has 0 heterocycles. The Labute approximate surface area is 93.2 Å². The van der Waals surface area contributed by atoms with Crippen LogP contribution in [0.3, 0.4) is 0 Å². The van der Waals surface area contributed by atoms with Gasteiger partial charge < -0.3 is 10.2 Å². The molecule has 1 aliphatic carbocycles. The van der Waals surface area contributed by atoms with Crippen molar-refractivity contribution < 1.29 is 4.79 Å². The van der Waals surface area contributed by atoms with E-state index in [2.05, 4.69) is 12.2 Å². The molecule has 0 aromatic carbocycles. The minimum atomic E-state index is -0.129. The summed E-state index contributed by atoms with van der Waals surface area (Å²) in [6.45, 7) is 9.14. The molecule has 3 nitrogen and oxygen atoms in total. The van der Waals surface area contributed by atoms with Crippen LogP contribution < -0.4 is 5.32 Å². The molecule has 1 rings (SSSR count). The Kier molecular flexibility index (Phi) is 4.00. The average Bonchev–Trinajstić information content (AvgIpc) is 2.85. The van der Waals surface area contributed by atoms with Crippen molar-refractivity contribution in [2.75, 3.05) is 6.54 Å². The molecule has 1 saturated carbocycles. The zero-order valence-electron chi connectivity index (χ0n) is 10.5. The van der Waals surface area contributed by atoms with Gasteiger partial charge in [-0.05, 0) is 40.0 Å². The van der Waals surface area contributed by atoms with Gasteiger partial charge in [-0.15, -0.1) is 0 Å². The van der Waals surface area contributed by atoms with Crippen LogP contribution in [0.15, 0.2) is 0 Å². The molecule has 0 aliphatic heterocycles. The van der Waals surface area contributed by atoms with Crippen LogP contribution >= 0.6 is 0 Å². The number of carbonyl (C=O) groups excluding carboxylic acids is 1. The predicted octanol–water partition coefficient (Wildman–Crippen LogP) is 2.76. The van der Waals surface area contributed by atoms with Crippen molar-refractivity contribution in [2.45, 2.75) is 65.0 Å². The lowest BCUT2D eigenvalue weighted by Gasteiger charge is -2.28. The first-order chi connectivity index (χ1) is 6.94. The lowest BCUT2D eigenvalue weighted by molar-refractivity contribution is 0.185. The Morgan fingerprint density at radius 1 is 1.40 bits per heavy atom. The smallest absolute Gasteiger partial charge is 0.318 e. The standard InChI is InChI=1S/C12H24N2O/c1-5-6-9-14(10-7-8-10)11(15)13-12(2,3)4/h10H,5-9H2,1-4H3,(H,13,15). The molecule has 0 aromatic rings.